The second-order valence-electron chi connectivity index (χ2n) is 3.50. The Hall–Kier alpha value is -1.56. The highest BCUT2D eigenvalue weighted by molar-refractivity contribution is 9.10. The number of nitrogens with two attached hydrogens (primary N) is 1. The Morgan fingerprint density at radius 1 is 1.53 bits per heavy atom. The van der Waals surface area contributed by atoms with Crippen molar-refractivity contribution in [3.63, 3.8) is 0 Å². The van der Waals surface area contributed by atoms with Crippen molar-refractivity contribution in [2.45, 2.75) is 19.4 Å². The summed E-state index contributed by atoms with van der Waals surface area (Å²) in [4.78, 5) is 22.6. The van der Waals surface area contributed by atoms with Crippen LogP contribution in [0.3, 0.4) is 0 Å². The van der Waals surface area contributed by atoms with E-state index in [-0.39, 0.29) is 5.56 Å². The summed E-state index contributed by atoms with van der Waals surface area (Å²) in [6, 6.07) is 3.91. The molecule has 0 bridgehead atoms. The summed E-state index contributed by atoms with van der Waals surface area (Å²) in [5, 5.41) is 11.2. The van der Waals surface area contributed by atoms with E-state index in [2.05, 4.69) is 21.2 Å². The van der Waals surface area contributed by atoms with Gasteiger partial charge in [-0.2, -0.15) is 0 Å². The summed E-state index contributed by atoms with van der Waals surface area (Å²) in [5.41, 5.74) is 6.25. The van der Waals surface area contributed by atoms with Gasteiger partial charge >= 0.3 is 5.97 Å². The Kier molecular flexibility index (Phi) is 4.51. The highest BCUT2D eigenvalue weighted by Crippen LogP contribution is 2.18. The molecule has 0 aliphatic heterocycles. The summed E-state index contributed by atoms with van der Waals surface area (Å²) in [5.74, 6) is -1.54. The number of rotatable bonds is 4. The van der Waals surface area contributed by atoms with Gasteiger partial charge in [0, 0.05) is 10.2 Å². The number of nitrogen functional groups attached to an aromatic ring is 1. The lowest BCUT2D eigenvalue weighted by atomic mass is 10.1. The summed E-state index contributed by atoms with van der Waals surface area (Å²) >= 11 is 3.23. The molecule has 17 heavy (non-hydrogen) atoms. The predicted molar refractivity (Wildman–Crippen MR) is 67.7 cm³/mol. The van der Waals surface area contributed by atoms with Crippen molar-refractivity contribution >= 4 is 33.5 Å². The van der Waals surface area contributed by atoms with Crippen molar-refractivity contribution in [1.29, 1.82) is 0 Å². The van der Waals surface area contributed by atoms with Gasteiger partial charge in [-0.15, -0.1) is 0 Å². The predicted octanol–water partition coefficient (Wildman–Crippen LogP) is 1.62. The minimum Gasteiger partial charge on any atom is -0.480 e. The van der Waals surface area contributed by atoms with E-state index in [1.807, 2.05) is 0 Å². The zero-order valence-electron chi connectivity index (χ0n) is 9.24. The van der Waals surface area contributed by atoms with Crippen molar-refractivity contribution in [1.82, 2.24) is 5.32 Å². The molecular formula is C11H13BrN2O3. The Morgan fingerprint density at radius 2 is 2.18 bits per heavy atom. The smallest absolute Gasteiger partial charge is 0.326 e. The zero-order chi connectivity index (χ0) is 13.0. The molecule has 0 fully saturated rings. The minimum absolute atomic E-state index is 0.271. The minimum atomic E-state index is -1.06. The molecule has 0 radical (unpaired) electrons. The van der Waals surface area contributed by atoms with Gasteiger partial charge in [-0.05, 0) is 24.6 Å². The van der Waals surface area contributed by atoms with E-state index >= 15 is 0 Å². The van der Waals surface area contributed by atoms with E-state index in [1.165, 1.54) is 0 Å². The molecule has 0 heterocycles. The van der Waals surface area contributed by atoms with Gasteiger partial charge in [0.2, 0.25) is 0 Å². The number of carbonyl (C=O) groups is 2. The number of hydrogen-bond acceptors (Lipinski definition) is 3. The van der Waals surface area contributed by atoms with Gasteiger partial charge in [0.05, 0.1) is 5.56 Å². The van der Waals surface area contributed by atoms with Crippen LogP contribution in [0.25, 0.3) is 0 Å². The molecule has 6 heteroatoms. The standard InChI is InChI=1S/C11H13BrN2O3/c1-2-9(11(16)17)14-10(15)7-4-3-6(12)5-8(7)13/h3-5,9H,2,13H2,1H3,(H,14,15)(H,16,17). The van der Waals surface area contributed by atoms with Gasteiger partial charge in [0.15, 0.2) is 0 Å². The van der Waals surface area contributed by atoms with Crippen LogP contribution in [0.15, 0.2) is 22.7 Å². The fourth-order valence-corrected chi connectivity index (χ4v) is 1.69. The molecule has 92 valence electrons. The highest BCUT2D eigenvalue weighted by Gasteiger charge is 2.19. The second kappa shape index (κ2) is 5.67. The van der Waals surface area contributed by atoms with Crippen LogP contribution < -0.4 is 11.1 Å². The van der Waals surface area contributed by atoms with E-state index < -0.39 is 17.9 Å². The van der Waals surface area contributed by atoms with Crippen molar-refractivity contribution in [2.75, 3.05) is 5.73 Å². The number of carbonyl (C=O) groups excluding carboxylic acids is 1. The highest BCUT2D eigenvalue weighted by atomic mass is 79.9. The number of halogens is 1. The zero-order valence-corrected chi connectivity index (χ0v) is 10.8. The summed E-state index contributed by atoms with van der Waals surface area (Å²) < 4.78 is 0.761. The molecule has 0 spiro atoms. The van der Waals surface area contributed by atoms with Gasteiger partial charge < -0.3 is 16.2 Å². The van der Waals surface area contributed by atoms with E-state index in [1.54, 1.807) is 25.1 Å². The summed E-state index contributed by atoms with van der Waals surface area (Å²) in [7, 11) is 0. The quantitative estimate of drug-likeness (QED) is 0.737. The van der Waals surface area contributed by atoms with E-state index in [4.69, 9.17) is 10.8 Å². The Morgan fingerprint density at radius 3 is 2.65 bits per heavy atom. The van der Waals surface area contributed by atoms with Crippen LogP contribution in [0.4, 0.5) is 5.69 Å². The van der Waals surface area contributed by atoms with Crippen molar-refractivity contribution < 1.29 is 14.7 Å². The third kappa shape index (κ3) is 3.45. The molecule has 0 aromatic heterocycles. The topological polar surface area (TPSA) is 92.4 Å². The number of benzene rings is 1. The maximum Gasteiger partial charge on any atom is 0.326 e. The normalized spacial score (nSPS) is 11.9. The summed E-state index contributed by atoms with van der Waals surface area (Å²) in [6.07, 6.45) is 0.317. The van der Waals surface area contributed by atoms with Gasteiger partial charge in [-0.25, -0.2) is 4.79 Å². The van der Waals surface area contributed by atoms with Crippen molar-refractivity contribution in [2.24, 2.45) is 0 Å². The molecule has 1 atom stereocenters. The van der Waals surface area contributed by atoms with Crippen LogP contribution in [-0.4, -0.2) is 23.0 Å². The molecule has 0 aliphatic rings. The fraction of sp³-hybridized carbons (Fsp3) is 0.273. The number of anilines is 1. The first-order valence-electron chi connectivity index (χ1n) is 5.04. The van der Waals surface area contributed by atoms with Crippen LogP contribution >= 0.6 is 15.9 Å². The number of nitrogens with one attached hydrogen (secondary N) is 1. The first-order valence-corrected chi connectivity index (χ1v) is 5.83. The number of carboxylic acids is 1. The SMILES string of the molecule is CCC(NC(=O)c1ccc(Br)cc1N)C(=O)O. The van der Waals surface area contributed by atoms with Gasteiger partial charge in [-0.1, -0.05) is 22.9 Å². The number of carboxylic acid groups (broad SMARTS) is 1. The van der Waals surface area contributed by atoms with Crippen LogP contribution in [0.5, 0.6) is 0 Å². The molecule has 1 amide bonds. The molecule has 1 aromatic carbocycles. The molecule has 5 nitrogen and oxygen atoms in total. The second-order valence-corrected chi connectivity index (χ2v) is 4.42. The first-order chi connectivity index (χ1) is 7.95. The molecule has 4 N–H and O–H groups in total. The third-order valence-electron chi connectivity index (χ3n) is 2.27. The maximum atomic E-state index is 11.8. The van der Waals surface area contributed by atoms with E-state index in [0.717, 1.165) is 4.47 Å². The lowest BCUT2D eigenvalue weighted by molar-refractivity contribution is -0.139. The van der Waals surface area contributed by atoms with Gasteiger partial charge in [0.25, 0.3) is 5.91 Å². The number of amides is 1. The van der Waals surface area contributed by atoms with Crippen molar-refractivity contribution in [3.05, 3.63) is 28.2 Å². The Labute approximate surface area is 107 Å². The van der Waals surface area contributed by atoms with E-state index in [9.17, 15) is 9.59 Å². The Balaban J connectivity index is 2.86. The van der Waals surface area contributed by atoms with Crippen molar-refractivity contribution in [3.8, 4) is 0 Å². The maximum absolute atomic E-state index is 11.8. The molecule has 1 aromatic rings. The number of aliphatic carboxylic acids is 1. The molecule has 1 unspecified atom stereocenters. The van der Waals surface area contributed by atoms with Crippen LogP contribution in [0, 0.1) is 0 Å². The molecule has 0 saturated carbocycles. The lowest BCUT2D eigenvalue weighted by Crippen LogP contribution is -2.40. The fourth-order valence-electron chi connectivity index (χ4n) is 1.31. The monoisotopic (exact) mass is 300 g/mol. The molecule has 0 aliphatic carbocycles. The molecule has 0 saturated heterocycles. The largest absolute Gasteiger partial charge is 0.480 e. The molecular weight excluding hydrogens is 288 g/mol. The van der Waals surface area contributed by atoms with Gasteiger partial charge in [-0.3, -0.25) is 4.79 Å². The molecule has 1 rings (SSSR count). The van der Waals surface area contributed by atoms with Crippen LogP contribution in [-0.2, 0) is 4.79 Å². The Bertz CT molecular complexity index is 448. The van der Waals surface area contributed by atoms with Crippen LogP contribution in [0.1, 0.15) is 23.7 Å². The summed E-state index contributed by atoms with van der Waals surface area (Å²) in [6.45, 7) is 1.68. The first kappa shape index (κ1) is 13.5. The lowest BCUT2D eigenvalue weighted by Gasteiger charge is -2.13. The average Bonchev–Trinajstić information content (AvgIpc) is 2.24. The third-order valence-corrected chi connectivity index (χ3v) is 2.76. The van der Waals surface area contributed by atoms with Gasteiger partial charge in [0.1, 0.15) is 6.04 Å². The number of hydrogen-bond donors (Lipinski definition) is 3. The average molecular weight is 301 g/mol. The van der Waals surface area contributed by atoms with E-state index in [0.29, 0.717) is 12.1 Å². The van der Waals surface area contributed by atoms with Crippen LogP contribution in [0.2, 0.25) is 0 Å².